The molecule has 4 nitrogen and oxygen atoms in total. The van der Waals surface area contributed by atoms with E-state index in [9.17, 15) is 9.59 Å². The van der Waals surface area contributed by atoms with Crippen LogP contribution in [0, 0.1) is 0 Å². The highest BCUT2D eigenvalue weighted by atomic mass is 16.2. The van der Waals surface area contributed by atoms with Gasteiger partial charge in [0.1, 0.15) is 0 Å². The van der Waals surface area contributed by atoms with Gasteiger partial charge >= 0.3 is 11.1 Å². The first-order valence-electron chi connectivity index (χ1n) is 6.08. The molecule has 0 fully saturated rings. The molecule has 0 saturated carbocycles. The van der Waals surface area contributed by atoms with E-state index < -0.39 is 11.1 Å². The first kappa shape index (κ1) is 12.4. The summed E-state index contributed by atoms with van der Waals surface area (Å²) in [6.07, 6.45) is 4.18. The molecule has 1 aromatic heterocycles. The van der Waals surface area contributed by atoms with Crippen molar-refractivity contribution in [2.24, 2.45) is 0 Å². The van der Waals surface area contributed by atoms with Gasteiger partial charge in [0, 0.05) is 24.6 Å². The number of hydrogen-bond acceptors (Lipinski definition) is 2. The lowest BCUT2D eigenvalue weighted by Crippen LogP contribution is -2.39. The lowest BCUT2D eigenvalue weighted by Gasteiger charge is -2.08. The summed E-state index contributed by atoms with van der Waals surface area (Å²) >= 11 is 0. The Morgan fingerprint density at radius 1 is 1.06 bits per heavy atom. The van der Waals surface area contributed by atoms with E-state index in [2.05, 4.69) is 6.92 Å². The average Bonchev–Trinajstić information content (AvgIpc) is 2.42. The molecule has 0 unspecified atom stereocenters. The van der Waals surface area contributed by atoms with Gasteiger partial charge in [-0.05, 0) is 31.0 Å². The van der Waals surface area contributed by atoms with Crippen LogP contribution in [0.1, 0.15) is 19.4 Å². The minimum Gasteiger partial charge on any atom is -0.310 e. The minimum atomic E-state index is -0.507. The molecule has 0 aliphatic carbocycles. The molecule has 0 bridgehead atoms. The Morgan fingerprint density at radius 2 is 1.83 bits per heavy atom. The fourth-order valence-electron chi connectivity index (χ4n) is 1.89. The van der Waals surface area contributed by atoms with Crippen LogP contribution in [0.2, 0.25) is 0 Å². The van der Waals surface area contributed by atoms with Crippen molar-refractivity contribution in [3.63, 3.8) is 0 Å². The van der Waals surface area contributed by atoms with Crippen molar-refractivity contribution in [3.05, 3.63) is 62.9 Å². The van der Waals surface area contributed by atoms with Crippen LogP contribution < -0.4 is 11.1 Å². The second-order valence-corrected chi connectivity index (χ2v) is 4.09. The maximum Gasteiger partial charge on any atom is 0.320 e. The smallest absolute Gasteiger partial charge is 0.310 e. The molecule has 1 aromatic carbocycles. The topological polar surface area (TPSA) is 44.0 Å². The third-order valence-electron chi connectivity index (χ3n) is 3.00. The van der Waals surface area contributed by atoms with Crippen LogP contribution in [0.5, 0.6) is 0 Å². The van der Waals surface area contributed by atoms with E-state index in [-0.39, 0.29) is 0 Å². The van der Waals surface area contributed by atoms with Gasteiger partial charge in [-0.1, -0.05) is 19.1 Å². The summed E-state index contributed by atoms with van der Waals surface area (Å²) in [5.74, 6) is 0. The normalized spacial score (nSPS) is 10.6. The third kappa shape index (κ3) is 2.14. The molecule has 0 amide bonds. The number of nitrogens with zero attached hydrogens (tertiary/aromatic N) is 2. The third-order valence-corrected chi connectivity index (χ3v) is 3.00. The van der Waals surface area contributed by atoms with Gasteiger partial charge in [0.2, 0.25) is 0 Å². The van der Waals surface area contributed by atoms with Crippen molar-refractivity contribution in [1.29, 1.82) is 0 Å². The molecule has 1 heterocycles. The van der Waals surface area contributed by atoms with E-state index >= 15 is 0 Å². The van der Waals surface area contributed by atoms with E-state index in [0.29, 0.717) is 6.54 Å². The molecule has 0 aliphatic heterocycles. The summed E-state index contributed by atoms with van der Waals surface area (Å²) < 4.78 is 2.80. The van der Waals surface area contributed by atoms with Crippen LogP contribution in [0.4, 0.5) is 0 Å². The fourth-order valence-corrected chi connectivity index (χ4v) is 1.89. The first-order chi connectivity index (χ1) is 8.67. The van der Waals surface area contributed by atoms with Gasteiger partial charge in [-0.2, -0.15) is 0 Å². The Labute approximate surface area is 105 Å². The first-order valence-corrected chi connectivity index (χ1v) is 6.08. The molecule has 0 atom stereocenters. The number of benzene rings is 1. The molecule has 0 saturated heterocycles. The minimum absolute atomic E-state index is 0.484. The molecular formula is C14H16N2O2. The lowest BCUT2D eigenvalue weighted by molar-refractivity contribution is 0.693. The number of rotatable bonds is 3. The zero-order valence-corrected chi connectivity index (χ0v) is 10.6. The van der Waals surface area contributed by atoms with E-state index in [1.165, 1.54) is 9.13 Å². The monoisotopic (exact) mass is 244 g/mol. The highest BCUT2D eigenvalue weighted by molar-refractivity contribution is 5.35. The van der Waals surface area contributed by atoms with Crippen molar-refractivity contribution in [2.75, 3.05) is 0 Å². The van der Waals surface area contributed by atoms with E-state index in [1.54, 1.807) is 12.4 Å². The van der Waals surface area contributed by atoms with Gasteiger partial charge in [0.05, 0.1) is 0 Å². The largest absolute Gasteiger partial charge is 0.320 e. The number of hydrogen-bond donors (Lipinski definition) is 0. The van der Waals surface area contributed by atoms with Crippen molar-refractivity contribution in [3.8, 4) is 5.69 Å². The van der Waals surface area contributed by atoms with Gasteiger partial charge in [-0.15, -0.1) is 0 Å². The van der Waals surface area contributed by atoms with Crippen LogP contribution in [0.3, 0.4) is 0 Å². The van der Waals surface area contributed by atoms with Crippen LogP contribution in [0.15, 0.2) is 46.2 Å². The molecule has 18 heavy (non-hydrogen) atoms. The Morgan fingerprint density at radius 3 is 2.50 bits per heavy atom. The highest BCUT2D eigenvalue weighted by Crippen LogP contribution is 2.08. The quantitative estimate of drug-likeness (QED) is 0.769. The fraction of sp³-hybridized carbons (Fsp3) is 0.286. The van der Waals surface area contributed by atoms with Crippen molar-refractivity contribution < 1.29 is 0 Å². The summed E-state index contributed by atoms with van der Waals surface area (Å²) in [6.45, 7) is 4.39. The van der Waals surface area contributed by atoms with Gasteiger partial charge in [-0.25, -0.2) is 0 Å². The van der Waals surface area contributed by atoms with Gasteiger partial charge in [-0.3, -0.25) is 14.2 Å². The number of aromatic nitrogens is 2. The maximum atomic E-state index is 12.0. The summed E-state index contributed by atoms with van der Waals surface area (Å²) in [5.41, 5.74) is 0.883. The molecule has 0 aliphatic rings. The van der Waals surface area contributed by atoms with Gasteiger partial charge in [0.25, 0.3) is 0 Å². The lowest BCUT2D eigenvalue weighted by atomic mass is 10.1. The van der Waals surface area contributed by atoms with Crippen LogP contribution in [-0.2, 0) is 13.0 Å². The van der Waals surface area contributed by atoms with Crippen molar-refractivity contribution >= 4 is 0 Å². The Bertz CT molecular complexity index is 668. The standard InChI is InChI=1S/C14H16N2O2/c1-3-11-6-5-7-12(10-11)16-9-8-15(4-2)13(17)14(16)18/h5-10H,3-4H2,1-2H3. The predicted molar refractivity (Wildman–Crippen MR) is 71.4 cm³/mol. The van der Waals surface area contributed by atoms with Gasteiger partial charge < -0.3 is 4.57 Å². The van der Waals surface area contributed by atoms with Crippen molar-refractivity contribution in [2.45, 2.75) is 26.8 Å². The summed E-state index contributed by atoms with van der Waals surface area (Å²) in [7, 11) is 0. The van der Waals surface area contributed by atoms with Gasteiger partial charge in [0.15, 0.2) is 0 Å². The molecule has 0 radical (unpaired) electrons. The molecule has 2 aromatic rings. The summed E-state index contributed by atoms with van der Waals surface area (Å²) in [6, 6.07) is 7.65. The molecule has 94 valence electrons. The van der Waals surface area contributed by atoms with E-state index in [4.69, 9.17) is 0 Å². The Hall–Kier alpha value is -2.10. The zero-order valence-electron chi connectivity index (χ0n) is 10.6. The van der Waals surface area contributed by atoms with Crippen molar-refractivity contribution in [1.82, 2.24) is 9.13 Å². The molecule has 2 rings (SSSR count). The average molecular weight is 244 g/mol. The number of aryl methyl sites for hydroxylation is 2. The van der Waals surface area contributed by atoms with E-state index in [1.807, 2.05) is 31.2 Å². The molecule has 4 heteroatoms. The Kier molecular flexibility index (Phi) is 3.46. The predicted octanol–water partition coefficient (Wildman–Crippen LogP) is 1.58. The van der Waals surface area contributed by atoms with Crippen LogP contribution in [0.25, 0.3) is 5.69 Å². The Balaban J connectivity index is 2.61. The SMILES string of the molecule is CCc1cccc(-n2ccn(CC)c(=O)c2=O)c1. The zero-order chi connectivity index (χ0) is 13.1. The summed E-state index contributed by atoms with van der Waals surface area (Å²) in [4.78, 5) is 23.8. The van der Waals surface area contributed by atoms with E-state index in [0.717, 1.165) is 17.7 Å². The maximum absolute atomic E-state index is 12.0. The van der Waals surface area contributed by atoms with Crippen LogP contribution >= 0.6 is 0 Å². The summed E-state index contributed by atoms with van der Waals surface area (Å²) in [5, 5.41) is 0. The second-order valence-electron chi connectivity index (χ2n) is 4.09. The highest BCUT2D eigenvalue weighted by Gasteiger charge is 2.05. The molecule has 0 spiro atoms. The van der Waals surface area contributed by atoms with Crippen LogP contribution in [-0.4, -0.2) is 9.13 Å². The second kappa shape index (κ2) is 5.04. The molecule has 0 N–H and O–H groups in total. The molecular weight excluding hydrogens is 228 g/mol.